The molecule has 2 aromatic heterocycles. The van der Waals surface area contributed by atoms with Crippen LogP contribution in [0.25, 0.3) is 0 Å². The van der Waals surface area contributed by atoms with Crippen LogP contribution in [0, 0.1) is 6.92 Å². The van der Waals surface area contributed by atoms with Crippen LogP contribution in [0.2, 0.25) is 5.02 Å². The smallest absolute Gasteiger partial charge is 0.125 e. The minimum atomic E-state index is 0.617. The van der Waals surface area contributed by atoms with Gasteiger partial charge in [0.15, 0.2) is 0 Å². The molecule has 2 aromatic rings. The predicted molar refractivity (Wildman–Crippen MR) is 71.8 cm³/mol. The predicted octanol–water partition coefficient (Wildman–Crippen LogP) is 2.99. The molecule has 0 saturated carbocycles. The van der Waals surface area contributed by atoms with E-state index in [-0.39, 0.29) is 0 Å². The van der Waals surface area contributed by atoms with Crippen molar-refractivity contribution in [1.29, 1.82) is 0 Å². The molecule has 0 atom stereocenters. The van der Waals surface area contributed by atoms with Crippen LogP contribution in [-0.4, -0.2) is 16.3 Å². The van der Waals surface area contributed by atoms with Crippen LogP contribution in [-0.2, 0) is 13.1 Å². The quantitative estimate of drug-likeness (QED) is 0.819. The summed E-state index contributed by atoms with van der Waals surface area (Å²) in [6.45, 7) is 6.58. The summed E-state index contributed by atoms with van der Waals surface area (Å²) in [5.74, 6) is 0.895. The van der Waals surface area contributed by atoms with E-state index in [1.165, 1.54) is 0 Å². The molecule has 0 aliphatic carbocycles. The fourth-order valence-corrected chi connectivity index (χ4v) is 1.88. The number of rotatable bonds is 6. The van der Waals surface area contributed by atoms with Crippen molar-refractivity contribution < 1.29 is 4.42 Å². The molecule has 0 aliphatic rings. The molecular formula is C13H18ClN3O. The molecule has 0 fully saturated rings. The monoisotopic (exact) mass is 267 g/mol. The van der Waals surface area contributed by atoms with Gasteiger partial charge in [0.05, 0.1) is 29.7 Å². The van der Waals surface area contributed by atoms with Crippen LogP contribution in [0.4, 0.5) is 0 Å². The fraction of sp³-hybridized carbons (Fsp3) is 0.462. The van der Waals surface area contributed by atoms with Crippen molar-refractivity contribution in [1.82, 2.24) is 15.1 Å². The van der Waals surface area contributed by atoms with Gasteiger partial charge in [-0.2, -0.15) is 5.10 Å². The van der Waals surface area contributed by atoms with Crippen LogP contribution < -0.4 is 5.32 Å². The molecule has 2 heterocycles. The van der Waals surface area contributed by atoms with E-state index in [0.717, 1.165) is 36.5 Å². The minimum Gasteiger partial charge on any atom is -0.467 e. The highest BCUT2D eigenvalue weighted by molar-refractivity contribution is 6.31. The minimum absolute atomic E-state index is 0.617. The van der Waals surface area contributed by atoms with Gasteiger partial charge in [0.2, 0.25) is 0 Å². The van der Waals surface area contributed by atoms with E-state index >= 15 is 0 Å². The maximum absolute atomic E-state index is 5.96. The first kappa shape index (κ1) is 13.2. The number of hydrogen-bond donors (Lipinski definition) is 1. The average molecular weight is 268 g/mol. The molecular weight excluding hydrogens is 250 g/mol. The lowest BCUT2D eigenvalue weighted by Crippen LogP contribution is -2.13. The van der Waals surface area contributed by atoms with Gasteiger partial charge in [-0.05, 0) is 26.0 Å². The van der Waals surface area contributed by atoms with Gasteiger partial charge in [-0.25, -0.2) is 0 Å². The van der Waals surface area contributed by atoms with Crippen molar-refractivity contribution in [3.05, 3.63) is 40.6 Å². The normalized spacial score (nSPS) is 11.1. The van der Waals surface area contributed by atoms with Crippen LogP contribution in [0.15, 0.2) is 22.9 Å². The molecule has 0 aromatic carbocycles. The Kier molecular flexibility index (Phi) is 4.44. The van der Waals surface area contributed by atoms with Gasteiger partial charge in [-0.1, -0.05) is 18.5 Å². The van der Waals surface area contributed by atoms with Gasteiger partial charge in [-0.15, -0.1) is 0 Å². The van der Waals surface area contributed by atoms with Gasteiger partial charge in [-0.3, -0.25) is 4.68 Å². The molecule has 0 unspecified atom stereocenters. The summed E-state index contributed by atoms with van der Waals surface area (Å²) in [6.07, 6.45) is 4.58. The number of furan rings is 1. The van der Waals surface area contributed by atoms with Gasteiger partial charge >= 0.3 is 0 Å². The fourth-order valence-electron chi connectivity index (χ4n) is 1.74. The lowest BCUT2D eigenvalue weighted by Gasteiger charge is -2.01. The highest BCUT2D eigenvalue weighted by Gasteiger charge is 2.07. The lowest BCUT2D eigenvalue weighted by atomic mass is 10.3. The van der Waals surface area contributed by atoms with Gasteiger partial charge in [0.1, 0.15) is 5.76 Å². The molecule has 0 aliphatic heterocycles. The van der Waals surface area contributed by atoms with E-state index in [1.54, 1.807) is 12.5 Å². The van der Waals surface area contributed by atoms with Crippen LogP contribution in [0.1, 0.15) is 30.4 Å². The number of nitrogens with zero attached hydrogens (tertiary/aromatic N) is 2. The van der Waals surface area contributed by atoms with Crippen LogP contribution >= 0.6 is 11.6 Å². The van der Waals surface area contributed by atoms with Crippen molar-refractivity contribution in [3.63, 3.8) is 0 Å². The largest absolute Gasteiger partial charge is 0.467 e. The van der Waals surface area contributed by atoms with Gasteiger partial charge in [0, 0.05) is 12.1 Å². The molecule has 0 bridgehead atoms. The zero-order valence-electron chi connectivity index (χ0n) is 10.7. The summed E-state index contributed by atoms with van der Waals surface area (Å²) < 4.78 is 7.36. The summed E-state index contributed by atoms with van der Waals surface area (Å²) >= 11 is 5.96. The molecule has 5 heteroatoms. The maximum atomic E-state index is 5.96. The molecule has 98 valence electrons. The molecule has 2 rings (SSSR count). The number of hydrogen-bond acceptors (Lipinski definition) is 3. The molecule has 4 nitrogen and oxygen atoms in total. The second kappa shape index (κ2) is 6.07. The van der Waals surface area contributed by atoms with Crippen LogP contribution in [0.5, 0.6) is 0 Å². The maximum Gasteiger partial charge on any atom is 0.125 e. The zero-order chi connectivity index (χ0) is 13.0. The molecule has 0 spiro atoms. The SMILES string of the molecule is CCCNCc1coc(Cn2ncc(Cl)c2C)c1. The van der Waals surface area contributed by atoms with E-state index < -0.39 is 0 Å². The second-order valence-electron chi connectivity index (χ2n) is 4.33. The highest BCUT2D eigenvalue weighted by Crippen LogP contribution is 2.16. The number of nitrogens with one attached hydrogen (secondary N) is 1. The van der Waals surface area contributed by atoms with E-state index in [4.69, 9.17) is 16.0 Å². The molecule has 1 N–H and O–H groups in total. The summed E-state index contributed by atoms with van der Waals surface area (Å²) in [4.78, 5) is 0. The summed E-state index contributed by atoms with van der Waals surface area (Å²) in [6, 6.07) is 2.05. The van der Waals surface area contributed by atoms with E-state index in [9.17, 15) is 0 Å². The van der Waals surface area contributed by atoms with Crippen molar-refractivity contribution in [2.75, 3.05) is 6.54 Å². The third kappa shape index (κ3) is 3.15. The van der Waals surface area contributed by atoms with Crippen molar-refractivity contribution in [2.24, 2.45) is 0 Å². The van der Waals surface area contributed by atoms with E-state index in [2.05, 4.69) is 23.4 Å². The van der Waals surface area contributed by atoms with Gasteiger partial charge in [0.25, 0.3) is 0 Å². The molecule has 18 heavy (non-hydrogen) atoms. The van der Waals surface area contributed by atoms with Crippen molar-refractivity contribution in [3.8, 4) is 0 Å². The second-order valence-corrected chi connectivity index (χ2v) is 4.74. The topological polar surface area (TPSA) is 43.0 Å². The third-order valence-electron chi connectivity index (χ3n) is 2.81. The Morgan fingerprint density at radius 1 is 1.50 bits per heavy atom. The molecule has 0 amide bonds. The Morgan fingerprint density at radius 2 is 2.33 bits per heavy atom. The van der Waals surface area contributed by atoms with E-state index in [0.29, 0.717) is 11.6 Å². The average Bonchev–Trinajstić information content (AvgIpc) is 2.92. The number of halogens is 1. The summed E-state index contributed by atoms with van der Waals surface area (Å²) in [7, 11) is 0. The molecule has 0 saturated heterocycles. The Hall–Kier alpha value is -1.26. The van der Waals surface area contributed by atoms with E-state index in [1.807, 2.05) is 11.6 Å². The van der Waals surface area contributed by atoms with Crippen molar-refractivity contribution >= 4 is 11.6 Å². The number of aromatic nitrogens is 2. The first-order valence-corrected chi connectivity index (χ1v) is 6.53. The lowest BCUT2D eigenvalue weighted by molar-refractivity contribution is 0.474. The van der Waals surface area contributed by atoms with Crippen molar-refractivity contribution in [2.45, 2.75) is 33.4 Å². The summed E-state index contributed by atoms with van der Waals surface area (Å²) in [5.41, 5.74) is 2.12. The first-order valence-electron chi connectivity index (χ1n) is 6.15. The Bertz CT molecular complexity index is 504. The standard InChI is InChI=1S/C13H18ClN3O/c1-3-4-15-6-11-5-12(18-9-11)8-17-10(2)13(14)7-16-17/h5,7,9,15H,3-4,6,8H2,1-2H3. The van der Waals surface area contributed by atoms with Gasteiger partial charge < -0.3 is 9.73 Å². The zero-order valence-corrected chi connectivity index (χ0v) is 11.5. The Labute approximate surface area is 112 Å². The highest BCUT2D eigenvalue weighted by atomic mass is 35.5. The Morgan fingerprint density at radius 3 is 3.00 bits per heavy atom. The van der Waals surface area contributed by atoms with Crippen LogP contribution in [0.3, 0.4) is 0 Å². The Balaban J connectivity index is 1.96. The molecule has 0 radical (unpaired) electrons. The first-order chi connectivity index (χ1) is 8.70. The third-order valence-corrected chi connectivity index (χ3v) is 3.18. The summed E-state index contributed by atoms with van der Waals surface area (Å²) in [5, 5.41) is 8.23.